The zero-order valence-corrected chi connectivity index (χ0v) is 13.7. The topological polar surface area (TPSA) is 99.0 Å². The summed E-state index contributed by atoms with van der Waals surface area (Å²) in [4.78, 5) is 4.09. The molecule has 2 unspecified atom stereocenters. The van der Waals surface area contributed by atoms with Crippen LogP contribution in [0.3, 0.4) is 0 Å². The van der Waals surface area contributed by atoms with Crippen molar-refractivity contribution in [3.8, 4) is 0 Å². The number of hydrogen-bond donors (Lipinski definition) is 4. The Hall–Kier alpha value is -0.760. The highest BCUT2D eigenvalue weighted by molar-refractivity contribution is 4.81. The molecule has 22 heavy (non-hydrogen) atoms. The standard InChI is InChI=1S/C16H34N4O2/c1-3-9-19(11-5-7-17)13-15(21)16(22)14-20(10-4-2)12-6-8-18/h3-4,15-16,21-22H,1-2,5-14,17-18H2. The molecule has 0 aliphatic heterocycles. The second kappa shape index (κ2) is 13.9. The third-order valence-corrected chi connectivity index (χ3v) is 3.47. The number of hydrogen-bond acceptors (Lipinski definition) is 6. The Labute approximate surface area is 135 Å². The van der Waals surface area contributed by atoms with Crippen LogP contribution in [0.4, 0.5) is 0 Å². The van der Waals surface area contributed by atoms with Gasteiger partial charge in [-0.3, -0.25) is 9.80 Å². The van der Waals surface area contributed by atoms with Crippen molar-refractivity contribution in [3.63, 3.8) is 0 Å². The van der Waals surface area contributed by atoms with Gasteiger partial charge >= 0.3 is 0 Å². The first-order valence-corrected chi connectivity index (χ1v) is 8.01. The second-order valence-corrected chi connectivity index (χ2v) is 5.52. The fourth-order valence-electron chi connectivity index (χ4n) is 2.28. The molecule has 6 N–H and O–H groups in total. The molecule has 2 atom stereocenters. The van der Waals surface area contributed by atoms with Crippen molar-refractivity contribution in [2.45, 2.75) is 25.0 Å². The Bertz CT molecular complexity index is 261. The maximum absolute atomic E-state index is 10.2. The highest BCUT2D eigenvalue weighted by atomic mass is 16.3. The smallest absolute Gasteiger partial charge is 0.0938 e. The molecule has 0 saturated carbocycles. The van der Waals surface area contributed by atoms with Gasteiger partial charge in [0.15, 0.2) is 0 Å². The zero-order chi connectivity index (χ0) is 16.8. The van der Waals surface area contributed by atoms with E-state index in [4.69, 9.17) is 11.5 Å². The normalized spacial score (nSPS) is 14.3. The fraction of sp³-hybridized carbons (Fsp3) is 0.750. The molecule has 0 bridgehead atoms. The van der Waals surface area contributed by atoms with Gasteiger partial charge in [-0.2, -0.15) is 0 Å². The molecular weight excluding hydrogens is 280 g/mol. The molecule has 0 saturated heterocycles. The molecule has 0 spiro atoms. The predicted molar refractivity (Wildman–Crippen MR) is 92.6 cm³/mol. The van der Waals surface area contributed by atoms with Gasteiger partial charge in [-0.15, -0.1) is 13.2 Å². The summed E-state index contributed by atoms with van der Waals surface area (Å²) in [6.07, 6.45) is 3.69. The summed E-state index contributed by atoms with van der Waals surface area (Å²) in [5.74, 6) is 0. The van der Waals surface area contributed by atoms with Crippen LogP contribution >= 0.6 is 0 Å². The molecule has 0 aliphatic carbocycles. The van der Waals surface area contributed by atoms with Gasteiger partial charge in [-0.25, -0.2) is 0 Å². The lowest BCUT2D eigenvalue weighted by Crippen LogP contribution is -2.45. The van der Waals surface area contributed by atoms with Gasteiger partial charge in [0, 0.05) is 26.2 Å². The van der Waals surface area contributed by atoms with Crippen molar-refractivity contribution in [3.05, 3.63) is 25.3 Å². The third-order valence-electron chi connectivity index (χ3n) is 3.47. The molecule has 0 fully saturated rings. The van der Waals surface area contributed by atoms with Crippen LogP contribution in [0.5, 0.6) is 0 Å². The lowest BCUT2D eigenvalue weighted by molar-refractivity contribution is -0.0166. The second-order valence-electron chi connectivity index (χ2n) is 5.52. The summed E-state index contributed by atoms with van der Waals surface area (Å²) in [6.45, 7) is 12.4. The lowest BCUT2D eigenvalue weighted by Gasteiger charge is -2.29. The van der Waals surface area contributed by atoms with E-state index in [0.717, 1.165) is 25.9 Å². The highest BCUT2D eigenvalue weighted by Crippen LogP contribution is 2.03. The van der Waals surface area contributed by atoms with E-state index >= 15 is 0 Å². The van der Waals surface area contributed by atoms with E-state index in [1.54, 1.807) is 12.2 Å². The Morgan fingerprint density at radius 3 is 1.45 bits per heavy atom. The minimum absolute atomic E-state index is 0.409. The van der Waals surface area contributed by atoms with E-state index in [9.17, 15) is 10.2 Å². The third kappa shape index (κ3) is 10.0. The van der Waals surface area contributed by atoms with Crippen LogP contribution in [0.15, 0.2) is 25.3 Å². The van der Waals surface area contributed by atoms with Crippen LogP contribution in [-0.2, 0) is 0 Å². The first kappa shape index (κ1) is 21.2. The maximum Gasteiger partial charge on any atom is 0.0938 e. The molecule has 0 aliphatic rings. The lowest BCUT2D eigenvalue weighted by atomic mass is 10.1. The van der Waals surface area contributed by atoms with Gasteiger partial charge in [0.05, 0.1) is 12.2 Å². The van der Waals surface area contributed by atoms with Crippen LogP contribution in [-0.4, -0.2) is 84.6 Å². The van der Waals surface area contributed by atoms with Crippen molar-refractivity contribution < 1.29 is 10.2 Å². The number of aliphatic hydroxyl groups is 2. The van der Waals surface area contributed by atoms with E-state index in [-0.39, 0.29) is 0 Å². The molecule has 0 amide bonds. The van der Waals surface area contributed by atoms with Crippen molar-refractivity contribution in [2.24, 2.45) is 11.5 Å². The SMILES string of the molecule is C=CCN(CCCN)CC(O)C(O)CN(CC=C)CCCN. The van der Waals surface area contributed by atoms with Gasteiger partial charge in [0.2, 0.25) is 0 Å². The monoisotopic (exact) mass is 314 g/mol. The highest BCUT2D eigenvalue weighted by Gasteiger charge is 2.21. The van der Waals surface area contributed by atoms with Crippen molar-refractivity contribution >= 4 is 0 Å². The van der Waals surface area contributed by atoms with Gasteiger partial charge in [-0.05, 0) is 39.0 Å². The van der Waals surface area contributed by atoms with E-state index in [0.29, 0.717) is 39.3 Å². The van der Waals surface area contributed by atoms with Crippen molar-refractivity contribution in [1.29, 1.82) is 0 Å². The van der Waals surface area contributed by atoms with E-state index < -0.39 is 12.2 Å². The molecule has 0 aromatic rings. The van der Waals surface area contributed by atoms with E-state index in [2.05, 4.69) is 13.2 Å². The quantitative estimate of drug-likeness (QED) is 0.301. The summed E-state index contributed by atoms with van der Waals surface area (Å²) >= 11 is 0. The number of nitrogens with zero attached hydrogens (tertiary/aromatic N) is 2. The Morgan fingerprint density at radius 1 is 0.818 bits per heavy atom. The van der Waals surface area contributed by atoms with E-state index in [1.165, 1.54) is 0 Å². The fourth-order valence-corrected chi connectivity index (χ4v) is 2.28. The summed E-state index contributed by atoms with van der Waals surface area (Å²) in [5.41, 5.74) is 11.0. The summed E-state index contributed by atoms with van der Waals surface area (Å²) in [5, 5.41) is 20.4. The minimum atomic E-state index is -0.803. The maximum atomic E-state index is 10.2. The molecular formula is C16H34N4O2. The summed E-state index contributed by atoms with van der Waals surface area (Å²) in [7, 11) is 0. The van der Waals surface area contributed by atoms with Gasteiger partial charge in [0.1, 0.15) is 0 Å². The van der Waals surface area contributed by atoms with Gasteiger partial charge < -0.3 is 21.7 Å². The first-order chi connectivity index (χ1) is 10.6. The van der Waals surface area contributed by atoms with Crippen molar-refractivity contribution in [1.82, 2.24) is 9.80 Å². The Morgan fingerprint density at radius 2 is 1.18 bits per heavy atom. The van der Waals surface area contributed by atoms with Crippen LogP contribution in [0.1, 0.15) is 12.8 Å². The first-order valence-electron chi connectivity index (χ1n) is 8.01. The van der Waals surface area contributed by atoms with Gasteiger partial charge in [-0.1, -0.05) is 12.2 Å². The Kier molecular flexibility index (Phi) is 13.4. The predicted octanol–water partition coefficient (Wildman–Crippen LogP) is -0.618. The Balaban J connectivity index is 4.36. The number of rotatable bonds is 15. The molecule has 130 valence electrons. The van der Waals surface area contributed by atoms with Crippen LogP contribution < -0.4 is 11.5 Å². The largest absolute Gasteiger partial charge is 0.389 e. The van der Waals surface area contributed by atoms with Gasteiger partial charge in [0.25, 0.3) is 0 Å². The number of nitrogens with two attached hydrogens (primary N) is 2. The molecule has 6 nitrogen and oxygen atoms in total. The molecule has 6 heteroatoms. The molecule has 0 radical (unpaired) electrons. The molecule has 0 aromatic heterocycles. The number of aliphatic hydroxyl groups excluding tert-OH is 2. The average molecular weight is 314 g/mol. The summed E-state index contributed by atoms with van der Waals surface area (Å²) in [6, 6.07) is 0. The average Bonchev–Trinajstić information content (AvgIpc) is 2.50. The molecule has 0 heterocycles. The van der Waals surface area contributed by atoms with Crippen LogP contribution in [0.2, 0.25) is 0 Å². The zero-order valence-electron chi connectivity index (χ0n) is 13.7. The van der Waals surface area contributed by atoms with E-state index in [1.807, 2.05) is 9.80 Å². The van der Waals surface area contributed by atoms with Crippen molar-refractivity contribution in [2.75, 3.05) is 52.4 Å². The molecule has 0 aromatic carbocycles. The minimum Gasteiger partial charge on any atom is -0.389 e. The van der Waals surface area contributed by atoms with Crippen LogP contribution in [0, 0.1) is 0 Å². The van der Waals surface area contributed by atoms with Crippen LogP contribution in [0.25, 0.3) is 0 Å². The summed E-state index contributed by atoms with van der Waals surface area (Å²) < 4.78 is 0. The molecule has 0 rings (SSSR count).